The number of pyridine rings is 1. The van der Waals surface area contributed by atoms with Crippen LogP contribution < -0.4 is 20.9 Å². The Kier molecular flexibility index (Phi) is 4.41. The largest absolute Gasteiger partial charge is 0.368 e. The van der Waals surface area contributed by atoms with Gasteiger partial charge in [-0.1, -0.05) is 12.8 Å². The summed E-state index contributed by atoms with van der Waals surface area (Å²) in [5.41, 5.74) is 0.905. The number of rotatable bonds is 3. The van der Waals surface area contributed by atoms with Gasteiger partial charge < -0.3 is 20.9 Å². The van der Waals surface area contributed by atoms with Gasteiger partial charge in [0.15, 0.2) is 0 Å². The van der Waals surface area contributed by atoms with E-state index in [1.807, 2.05) is 12.3 Å². The molecule has 1 aromatic heterocycles. The van der Waals surface area contributed by atoms with Gasteiger partial charge in [0.1, 0.15) is 5.82 Å². The number of anilines is 2. The van der Waals surface area contributed by atoms with Crippen molar-refractivity contribution in [2.75, 3.05) is 49.5 Å². The fourth-order valence-corrected chi connectivity index (χ4v) is 4.50. The van der Waals surface area contributed by atoms with Crippen molar-refractivity contribution < 1.29 is 4.79 Å². The standard InChI is InChI=1S/C18H27N5O/c24-17(18-6-2-1-3-14(18)11-20-13-18)22-16-5-4-15(12-21-16)23-9-7-19-8-10-23/h4-5,12,14,19-20H,1-3,6-11,13H2,(H,21,22,24)/t14-,18+/m0/s1. The molecule has 3 fully saturated rings. The van der Waals surface area contributed by atoms with Crippen LogP contribution in [0.3, 0.4) is 0 Å². The molecule has 24 heavy (non-hydrogen) atoms. The molecule has 130 valence electrons. The summed E-state index contributed by atoms with van der Waals surface area (Å²) in [5.74, 6) is 1.30. The maximum atomic E-state index is 12.9. The van der Waals surface area contributed by atoms with Gasteiger partial charge in [0.25, 0.3) is 0 Å². The second-order valence-corrected chi connectivity index (χ2v) is 7.32. The molecular weight excluding hydrogens is 302 g/mol. The summed E-state index contributed by atoms with van der Waals surface area (Å²) >= 11 is 0. The van der Waals surface area contributed by atoms with Gasteiger partial charge in [0.2, 0.25) is 5.91 Å². The van der Waals surface area contributed by atoms with E-state index >= 15 is 0 Å². The lowest BCUT2D eigenvalue weighted by molar-refractivity contribution is -0.128. The fourth-order valence-electron chi connectivity index (χ4n) is 4.50. The van der Waals surface area contributed by atoms with Gasteiger partial charge in [-0.3, -0.25) is 4.79 Å². The third-order valence-electron chi connectivity index (χ3n) is 5.96. The molecule has 1 aliphatic carbocycles. The van der Waals surface area contributed by atoms with E-state index < -0.39 is 0 Å². The molecule has 3 aliphatic rings. The van der Waals surface area contributed by atoms with E-state index in [1.54, 1.807) is 0 Å². The Morgan fingerprint density at radius 2 is 2.12 bits per heavy atom. The molecule has 6 nitrogen and oxygen atoms in total. The molecule has 2 saturated heterocycles. The predicted molar refractivity (Wildman–Crippen MR) is 95.2 cm³/mol. The van der Waals surface area contributed by atoms with Gasteiger partial charge in [-0.25, -0.2) is 4.98 Å². The molecule has 2 aliphatic heterocycles. The number of nitrogens with one attached hydrogen (secondary N) is 3. The summed E-state index contributed by atoms with van der Waals surface area (Å²) in [7, 11) is 0. The first-order chi connectivity index (χ1) is 11.8. The number of fused-ring (bicyclic) bond motifs is 1. The van der Waals surface area contributed by atoms with Crippen molar-refractivity contribution in [1.82, 2.24) is 15.6 Å². The van der Waals surface area contributed by atoms with Crippen molar-refractivity contribution >= 4 is 17.4 Å². The van der Waals surface area contributed by atoms with Crippen LogP contribution in [0.5, 0.6) is 0 Å². The van der Waals surface area contributed by atoms with Crippen LogP contribution in [-0.2, 0) is 4.79 Å². The van der Waals surface area contributed by atoms with Crippen LogP contribution in [0.25, 0.3) is 0 Å². The highest BCUT2D eigenvalue weighted by molar-refractivity contribution is 5.95. The van der Waals surface area contributed by atoms with Crippen molar-refractivity contribution in [1.29, 1.82) is 0 Å². The Bertz CT molecular complexity index is 584. The molecule has 3 N–H and O–H groups in total. The number of aromatic nitrogens is 1. The van der Waals surface area contributed by atoms with Crippen LogP contribution >= 0.6 is 0 Å². The Morgan fingerprint density at radius 1 is 1.25 bits per heavy atom. The van der Waals surface area contributed by atoms with Gasteiger partial charge in [0, 0.05) is 32.7 Å². The van der Waals surface area contributed by atoms with E-state index in [1.165, 1.54) is 6.42 Å². The second kappa shape index (κ2) is 6.69. The monoisotopic (exact) mass is 329 g/mol. The first kappa shape index (κ1) is 15.8. The van der Waals surface area contributed by atoms with E-state index in [9.17, 15) is 4.79 Å². The van der Waals surface area contributed by atoms with Gasteiger partial charge in [-0.15, -0.1) is 0 Å². The zero-order chi connectivity index (χ0) is 16.4. The van der Waals surface area contributed by atoms with Crippen molar-refractivity contribution in [2.24, 2.45) is 11.3 Å². The molecule has 4 rings (SSSR count). The molecular formula is C18H27N5O. The summed E-state index contributed by atoms with van der Waals surface area (Å²) in [4.78, 5) is 19.8. The van der Waals surface area contributed by atoms with E-state index in [-0.39, 0.29) is 11.3 Å². The zero-order valence-electron chi connectivity index (χ0n) is 14.2. The van der Waals surface area contributed by atoms with E-state index in [4.69, 9.17) is 0 Å². The third-order valence-corrected chi connectivity index (χ3v) is 5.96. The maximum absolute atomic E-state index is 12.9. The maximum Gasteiger partial charge on any atom is 0.233 e. The van der Waals surface area contributed by atoms with Crippen molar-refractivity contribution in [2.45, 2.75) is 25.7 Å². The minimum Gasteiger partial charge on any atom is -0.368 e. The Morgan fingerprint density at radius 3 is 2.92 bits per heavy atom. The summed E-state index contributed by atoms with van der Waals surface area (Å²) in [6.45, 7) is 5.81. The lowest BCUT2D eigenvalue weighted by Gasteiger charge is -2.37. The van der Waals surface area contributed by atoms with E-state index in [2.05, 4.69) is 31.9 Å². The van der Waals surface area contributed by atoms with Gasteiger partial charge in [0.05, 0.1) is 17.3 Å². The molecule has 0 bridgehead atoms. The fraction of sp³-hybridized carbons (Fsp3) is 0.667. The molecule has 1 aromatic rings. The third kappa shape index (κ3) is 2.89. The van der Waals surface area contributed by atoms with Crippen LogP contribution in [0.2, 0.25) is 0 Å². The topological polar surface area (TPSA) is 69.3 Å². The van der Waals surface area contributed by atoms with Gasteiger partial charge in [-0.05, 0) is 37.4 Å². The van der Waals surface area contributed by atoms with Crippen LogP contribution in [0.4, 0.5) is 11.5 Å². The molecule has 2 atom stereocenters. The zero-order valence-corrected chi connectivity index (χ0v) is 14.2. The molecule has 6 heteroatoms. The summed E-state index contributed by atoms with van der Waals surface area (Å²) < 4.78 is 0. The predicted octanol–water partition coefficient (Wildman–Crippen LogP) is 1.21. The number of piperazine rings is 1. The highest BCUT2D eigenvalue weighted by atomic mass is 16.2. The average Bonchev–Trinajstić information content (AvgIpc) is 3.08. The Hall–Kier alpha value is -1.66. The average molecular weight is 329 g/mol. The van der Waals surface area contributed by atoms with Gasteiger partial charge >= 0.3 is 0 Å². The lowest BCUT2D eigenvalue weighted by Crippen LogP contribution is -2.44. The minimum absolute atomic E-state index is 0.152. The van der Waals surface area contributed by atoms with E-state index in [0.29, 0.717) is 11.7 Å². The lowest BCUT2D eigenvalue weighted by atomic mass is 9.67. The highest BCUT2D eigenvalue weighted by Gasteiger charge is 2.49. The molecule has 3 heterocycles. The summed E-state index contributed by atoms with van der Waals surface area (Å²) in [6.07, 6.45) is 6.44. The quantitative estimate of drug-likeness (QED) is 0.778. The summed E-state index contributed by atoms with van der Waals surface area (Å²) in [6, 6.07) is 4.00. The number of carbonyl (C=O) groups is 1. The number of hydrogen-bond acceptors (Lipinski definition) is 5. The van der Waals surface area contributed by atoms with Crippen LogP contribution in [0.1, 0.15) is 25.7 Å². The molecule has 1 amide bonds. The minimum atomic E-state index is -0.225. The molecule has 0 aromatic carbocycles. The van der Waals surface area contributed by atoms with Crippen molar-refractivity contribution in [3.05, 3.63) is 18.3 Å². The molecule has 0 radical (unpaired) electrons. The number of amides is 1. The smallest absolute Gasteiger partial charge is 0.233 e. The van der Waals surface area contributed by atoms with Gasteiger partial charge in [-0.2, -0.15) is 0 Å². The molecule has 0 unspecified atom stereocenters. The van der Waals surface area contributed by atoms with Crippen LogP contribution in [-0.4, -0.2) is 50.2 Å². The first-order valence-corrected chi connectivity index (χ1v) is 9.22. The number of carbonyl (C=O) groups excluding carboxylic acids is 1. The van der Waals surface area contributed by atoms with Crippen molar-refractivity contribution in [3.8, 4) is 0 Å². The molecule has 1 saturated carbocycles. The van der Waals surface area contributed by atoms with Crippen LogP contribution in [0.15, 0.2) is 18.3 Å². The SMILES string of the molecule is O=C(Nc1ccc(N2CCNCC2)cn1)[C@@]12CCCC[C@H]1CNC2. The number of nitrogens with zero attached hydrogens (tertiary/aromatic N) is 2. The Balaban J connectivity index is 1.44. The van der Waals surface area contributed by atoms with Crippen molar-refractivity contribution in [3.63, 3.8) is 0 Å². The van der Waals surface area contributed by atoms with Crippen LogP contribution in [0, 0.1) is 11.3 Å². The second-order valence-electron chi connectivity index (χ2n) is 7.32. The summed E-state index contributed by atoms with van der Waals surface area (Å²) in [5, 5.41) is 9.87. The normalized spacial score (nSPS) is 30.0. The molecule has 0 spiro atoms. The van der Waals surface area contributed by atoms with E-state index in [0.717, 1.165) is 64.2 Å². The number of hydrogen-bond donors (Lipinski definition) is 3. The Labute approximate surface area is 143 Å². The first-order valence-electron chi connectivity index (χ1n) is 9.22. The highest BCUT2D eigenvalue weighted by Crippen LogP contribution is 2.44.